The smallest absolute Gasteiger partial charge is 0.170 e. The van der Waals surface area contributed by atoms with Crippen molar-refractivity contribution in [3.05, 3.63) is 23.6 Å². The van der Waals surface area contributed by atoms with E-state index in [1.807, 2.05) is 11.9 Å². The number of ether oxygens (including phenoxy) is 1. The van der Waals surface area contributed by atoms with Crippen molar-refractivity contribution in [3.8, 4) is 0 Å². The minimum absolute atomic E-state index is 0.0392. The van der Waals surface area contributed by atoms with Crippen LogP contribution in [0.2, 0.25) is 0 Å². The van der Waals surface area contributed by atoms with Crippen LogP contribution < -0.4 is 10.2 Å². The third-order valence-electron chi connectivity index (χ3n) is 3.83. The van der Waals surface area contributed by atoms with Gasteiger partial charge in [0.25, 0.3) is 0 Å². The summed E-state index contributed by atoms with van der Waals surface area (Å²) < 4.78 is 20.0. The van der Waals surface area contributed by atoms with E-state index in [1.165, 1.54) is 0 Å². The van der Waals surface area contributed by atoms with Crippen LogP contribution in [-0.2, 0) is 11.3 Å². The Hall–Kier alpha value is -1.20. The first kappa shape index (κ1) is 16.2. The highest BCUT2D eigenvalue weighted by molar-refractivity contribution is 5.43. The van der Waals surface area contributed by atoms with E-state index in [-0.39, 0.29) is 11.4 Å². The minimum atomic E-state index is -0.219. The Bertz CT molecular complexity index is 467. The molecule has 1 aliphatic heterocycles. The second-order valence-corrected chi connectivity index (χ2v) is 6.67. The fourth-order valence-corrected chi connectivity index (χ4v) is 2.46. The molecule has 1 aromatic heterocycles. The molecule has 1 N–H and O–H groups in total. The van der Waals surface area contributed by atoms with Gasteiger partial charge in [-0.2, -0.15) is 0 Å². The lowest BCUT2D eigenvalue weighted by molar-refractivity contribution is 0.0852. The van der Waals surface area contributed by atoms with Gasteiger partial charge in [-0.15, -0.1) is 0 Å². The van der Waals surface area contributed by atoms with E-state index < -0.39 is 0 Å². The maximum Gasteiger partial charge on any atom is 0.170 e. The summed E-state index contributed by atoms with van der Waals surface area (Å²) in [6, 6.07) is 2.04. The molecule has 0 unspecified atom stereocenters. The molecule has 5 heteroatoms. The number of pyridine rings is 1. The summed E-state index contributed by atoms with van der Waals surface area (Å²) >= 11 is 0. The van der Waals surface area contributed by atoms with Crippen molar-refractivity contribution in [2.24, 2.45) is 0 Å². The third kappa shape index (κ3) is 4.38. The zero-order valence-corrected chi connectivity index (χ0v) is 13.4. The van der Waals surface area contributed by atoms with E-state index in [1.54, 1.807) is 12.3 Å². The van der Waals surface area contributed by atoms with Gasteiger partial charge in [0.05, 0.1) is 0 Å². The van der Waals surface area contributed by atoms with Crippen molar-refractivity contribution >= 4 is 5.82 Å². The zero-order chi connectivity index (χ0) is 15.5. The summed E-state index contributed by atoms with van der Waals surface area (Å²) in [5.74, 6) is 0.221. The Morgan fingerprint density at radius 1 is 1.38 bits per heavy atom. The molecule has 0 amide bonds. The summed E-state index contributed by atoms with van der Waals surface area (Å²) in [6.07, 6.45) is 3.53. The van der Waals surface area contributed by atoms with Gasteiger partial charge in [-0.05, 0) is 39.7 Å². The summed E-state index contributed by atoms with van der Waals surface area (Å²) in [6.45, 7) is 8.19. The highest BCUT2D eigenvalue weighted by Crippen LogP contribution is 2.24. The Kier molecular flexibility index (Phi) is 5.17. The zero-order valence-electron chi connectivity index (χ0n) is 13.4. The number of nitrogens with zero attached hydrogens (tertiary/aromatic N) is 2. The first-order chi connectivity index (χ1) is 9.88. The molecule has 2 rings (SSSR count). The molecule has 1 saturated heterocycles. The van der Waals surface area contributed by atoms with Crippen LogP contribution in [0.5, 0.6) is 0 Å². The van der Waals surface area contributed by atoms with Gasteiger partial charge < -0.3 is 15.0 Å². The van der Waals surface area contributed by atoms with E-state index in [0.29, 0.717) is 24.0 Å². The predicted octanol–water partition coefficient (Wildman–Crippen LogP) is 2.72. The molecule has 0 aliphatic carbocycles. The first-order valence-corrected chi connectivity index (χ1v) is 7.57. The lowest BCUT2D eigenvalue weighted by atomic mass is 10.1. The van der Waals surface area contributed by atoms with E-state index >= 15 is 0 Å². The second kappa shape index (κ2) is 6.71. The van der Waals surface area contributed by atoms with Gasteiger partial charge in [0.2, 0.25) is 0 Å². The maximum absolute atomic E-state index is 14.7. The van der Waals surface area contributed by atoms with E-state index in [2.05, 4.69) is 31.1 Å². The van der Waals surface area contributed by atoms with Crippen molar-refractivity contribution in [1.29, 1.82) is 0 Å². The van der Waals surface area contributed by atoms with E-state index in [0.717, 1.165) is 26.1 Å². The molecule has 2 heterocycles. The van der Waals surface area contributed by atoms with Crippen molar-refractivity contribution in [2.45, 2.75) is 51.7 Å². The average Bonchev–Trinajstić information content (AvgIpc) is 2.45. The minimum Gasteiger partial charge on any atom is -0.381 e. The lowest BCUT2D eigenvalue weighted by Gasteiger charge is -2.32. The number of anilines is 1. The van der Waals surface area contributed by atoms with Crippen LogP contribution >= 0.6 is 0 Å². The van der Waals surface area contributed by atoms with Crippen LogP contribution in [0.15, 0.2) is 12.3 Å². The number of nitrogens with one attached hydrogen (secondary N) is 1. The molecule has 0 atom stereocenters. The summed E-state index contributed by atoms with van der Waals surface area (Å²) in [4.78, 5) is 6.20. The Labute approximate surface area is 126 Å². The lowest BCUT2D eigenvalue weighted by Crippen LogP contribution is -2.38. The van der Waals surface area contributed by atoms with Crippen LogP contribution in [0.25, 0.3) is 0 Å². The van der Waals surface area contributed by atoms with Crippen LogP contribution in [-0.4, -0.2) is 36.8 Å². The number of aromatic nitrogens is 1. The molecule has 1 aliphatic rings. The fourth-order valence-electron chi connectivity index (χ4n) is 2.46. The fraction of sp³-hybridized carbons (Fsp3) is 0.688. The highest BCUT2D eigenvalue weighted by Gasteiger charge is 2.23. The molecule has 1 fully saturated rings. The average molecular weight is 295 g/mol. The Balaban J connectivity index is 2.12. The first-order valence-electron chi connectivity index (χ1n) is 7.57. The van der Waals surface area contributed by atoms with Gasteiger partial charge in [0, 0.05) is 50.1 Å². The number of rotatable bonds is 4. The molecule has 0 saturated carbocycles. The topological polar surface area (TPSA) is 37.4 Å². The molecule has 4 nitrogen and oxygen atoms in total. The van der Waals surface area contributed by atoms with Crippen LogP contribution in [0, 0.1) is 5.82 Å². The van der Waals surface area contributed by atoms with Crippen LogP contribution in [0.3, 0.4) is 0 Å². The maximum atomic E-state index is 14.7. The SMILES string of the molecule is CN(c1nccc(CNC(C)(C)C)c1F)C1CCOCC1. The van der Waals surface area contributed by atoms with Gasteiger partial charge in [-0.3, -0.25) is 0 Å². The van der Waals surface area contributed by atoms with Crippen molar-refractivity contribution in [2.75, 3.05) is 25.2 Å². The Morgan fingerprint density at radius 3 is 2.67 bits per heavy atom. The van der Waals surface area contributed by atoms with Gasteiger partial charge >= 0.3 is 0 Å². The molecule has 0 radical (unpaired) electrons. The van der Waals surface area contributed by atoms with Crippen LogP contribution in [0.1, 0.15) is 39.2 Å². The van der Waals surface area contributed by atoms with Gasteiger partial charge in [0.1, 0.15) is 0 Å². The van der Waals surface area contributed by atoms with Crippen LogP contribution in [0.4, 0.5) is 10.2 Å². The number of hydrogen-bond donors (Lipinski definition) is 1. The highest BCUT2D eigenvalue weighted by atomic mass is 19.1. The third-order valence-corrected chi connectivity index (χ3v) is 3.83. The number of halogens is 1. The van der Waals surface area contributed by atoms with Crippen molar-refractivity contribution in [1.82, 2.24) is 10.3 Å². The van der Waals surface area contributed by atoms with Crippen molar-refractivity contribution < 1.29 is 9.13 Å². The van der Waals surface area contributed by atoms with E-state index in [4.69, 9.17) is 4.74 Å². The molecule has 0 spiro atoms. The predicted molar refractivity (Wildman–Crippen MR) is 83.0 cm³/mol. The molecule has 118 valence electrons. The molecular weight excluding hydrogens is 269 g/mol. The molecular formula is C16H26FN3O. The molecule has 0 bridgehead atoms. The summed E-state index contributed by atoms with van der Waals surface area (Å²) in [7, 11) is 1.92. The largest absolute Gasteiger partial charge is 0.381 e. The van der Waals surface area contributed by atoms with E-state index in [9.17, 15) is 4.39 Å². The molecule has 0 aromatic carbocycles. The quantitative estimate of drug-likeness (QED) is 0.927. The summed E-state index contributed by atoms with van der Waals surface area (Å²) in [5, 5.41) is 3.32. The monoisotopic (exact) mass is 295 g/mol. The summed E-state index contributed by atoms with van der Waals surface area (Å²) in [5.41, 5.74) is 0.622. The molecule has 21 heavy (non-hydrogen) atoms. The Morgan fingerprint density at radius 2 is 2.05 bits per heavy atom. The standard InChI is InChI=1S/C16H26FN3O/c1-16(2,3)19-11-12-5-8-18-15(14(12)17)20(4)13-6-9-21-10-7-13/h5,8,13,19H,6-7,9-11H2,1-4H3. The van der Waals surface area contributed by atoms with Gasteiger partial charge in [-0.25, -0.2) is 9.37 Å². The van der Waals surface area contributed by atoms with Crippen molar-refractivity contribution in [3.63, 3.8) is 0 Å². The molecule has 1 aromatic rings. The second-order valence-electron chi connectivity index (χ2n) is 6.67. The number of hydrogen-bond acceptors (Lipinski definition) is 4. The van der Waals surface area contributed by atoms with Gasteiger partial charge in [-0.1, -0.05) is 0 Å². The van der Waals surface area contributed by atoms with Gasteiger partial charge in [0.15, 0.2) is 11.6 Å². The normalized spacial score (nSPS) is 17.0.